The Morgan fingerprint density at radius 3 is 2.78 bits per heavy atom. The van der Waals surface area contributed by atoms with E-state index >= 15 is 0 Å². The van der Waals surface area contributed by atoms with Gasteiger partial charge in [-0.2, -0.15) is 13.2 Å². The first kappa shape index (κ1) is 12.1. The molecule has 0 saturated heterocycles. The fourth-order valence-electron chi connectivity index (χ4n) is 1.29. The lowest BCUT2D eigenvalue weighted by molar-refractivity contribution is -0.137. The van der Waals surface area contributed by atoms with Crippen molar-refractivity contribution in [3.63, 3.8) is 0 Å². The van der Waals surface area contributed by atoms with E-state index in [0.717, 1.165) is 23.0 Å². The highest BCUT2D eigenvalue weighted by molar-refractivity contribution is 5.76. The Morgan fingerprint density at radius 1 is 1.44 bits per heavy atom. The van der Waals surface area contributed by atoms with Crippen molar-refractivity contribution in [3.8, 4) is 0 Å². The molecule has 9 heteroatoms. The van der Waals surface area contributed by atoms with Gasteiger partial charge < -0.3 is 10.6 Å². The van der Waals surface area contributed by atoms with Crippen LogP contribution in [0.2, 0.25) is 0 Å². The van der Waals surface area contributed by atoms with E-state index in [9.17, 15) is 18.0 Å². The van der Waals surface area contributed by atoms with E-state index in [1.165, 1.54) is 0 Å². The number of carbonyl (C=O) groups excluding carboxylic acids is 1. The zero-order chi connectivity index (χ0) is 13.3. The van der Waals surface area contributed by atoms with Crippen molar-refractivity contribution >= 4 is 16.9 Å². The summed E-state index contributed by atoms with van der Waals surface area (Å²) >= 11 is 0. The smallest absolute Gasteiger partial charge is 0.385 e. The van der Waals surface area contributed by atoms with Crippen molar-refractivity contribution in [2.45, 2.75) is 6.18 Å². The monoisotopic (exact) mass is 260 g/mol. The van der Waals surface area contributed by atoms with Crippen molar-refractivity contribution in [1.82, 2.24) is 15.2 Å². The summed E-state index contributed by atoms with van der Waals surface area (Å²) in [5.41, 5.74) is 4.21. The topological polar surface area (TPSA) is 83.0 Å². The number of carbonyl (C=O) groups is 1. The summed E-state index contributed by atoms with van der Waals surface area (Å²) in [6.45, 7) is -0.505. The van der Waals surface area contributed by atoms with Crippen LogP contribution in [0.25, 0.3) is 11.0 Å². The van der Waals surface area contributed by atoms with Crippen LogP contribution in [0.4, 0.5) is 13.2 Å². The molecule has 0 bridgehead atoms. The van der Waals surface area contributed by atoms with E-state index < -0.39 is 24.3 Å². The predicted molar refractivity (Wildman–Crippen MR) is 53.2 cm³/mol. The second-order valence-corrected chi connectivity index (χ2v) is 3.40. The molecular weight excluding hydrogens is 253 g/mol. The molecule has 0 aliphatic heterocycles. The van der Waals surface area contributed by atoms with Gasteiger partial charge in [-0.25, -0.2) is 0 Å². The maximum Gasteiger partial charge on any atom is 0.416 e. The Balaban J connectivity index is 2.40. The van der Waals surface area contributed by atoms with Gasteiger partial charge in [0, 0.05) is 0 Å². The lowest BCUT2D eigenvalue weighted by Gasteiger charge is -2.07. The fourth-order valence-corrected chi connectivity index (χ4v) is 1.29. The summed E-state index contributed by atoms with van der Waals surface area (Å²) in [5, 5.41) is 7.05. The first-order valence-electron chi connectivity index (χ1n) is 4.72. The number of nitrogens with zero attached hydrogens (tertiary/aromatic N) is 3. The molecule has 6 nitrogen and oxygen atoms in total. The molecule has 1 aromatic heterocycles. The Labute approximate surface area is 98.1 Å². The minimum absolute atomic E-state index is 0.00563. The molecule has 0 spiro atoms. The third kappa shape index (κ3) is 2.34. The van der Waals surface area contributed by atoms with E-state index in [4.69, 9.17) is 10.6 Å². The molecule has 0 fully saturated rings. The second kappa shape index (κ2) is 4.17. The molecule has 0 aliphatic rings. The van der Waals surface area contributed by atoms with Gasteiger partial charge in [-0.1, -0.05) is 4.85 Å². The lowest BCUT2D eigenvalue weighted by atomic mass is 10.2. The molecule has 0 radical (unpaired) electrons. The highest BCUT2D eigenvalue weighted by atomic mass is 19.4. The first-order chi connectivity index (χ1) is 8.38. The predicted octanol–water partition coefficient (Wildman–Crippen LogP) is 0.364. The van der Waals surface area contributed by atoms with E-state index in [0.29, 0.717) is 0 Å². The van der Waals surface area contributed by atoms with Crippen LogP contribution in [0.5, 0.6) is 0 Å². The number of benzene rings is 1. The van der Waals surface area contributed by atoms with Gasteiger partial charge >= 0.3 is 6.18 Å². The minimum atomic E-state index is -4.48. The maximum atomic E-state index is 12.5. The number of rotatable bonds is 3. The number of hydrogen-bond acceptors (Lipinski definition) is 4. The Morgan fingerprint density at radius 2 is 2.17 bits per heavy atom. The quantitative estimate of drug-likeness (QED) is 0.863. The van der Waals surface area contributed by atoms with Crippen LogP contribution in [0.15, 0.2) is 18.2 Å². The molecular formula is C9H7F3N4O2. The molecule has 1 heterocycles. The highest BCUT2D eigenvalue weighted by Crippen LogP contribution is 2.30. The van der Waals surface area contributed by atoms with Crippen LogP contribution in [0.3, 0.4) is 0 Å². The fraction of sp³-hybridized carbons (Fsp3) is 0.222. The number of aromatic nitrogens is 3. The highest BCUT2D eigenvalue weighted by Gasteiger charge is 2.31. The normalized spacial score (nSPS) is 11.7. The first-order valence-corrected chi connectivity index (χ1v) is 4.72. The van der Waals surface area contributed by atoms with Crippen molar-refractivity contribution < 1.29 is 22.8 Å². The number of nitrogens with two attached hydrogens (primary N) is 1. The van der Waals surface area contributed by atoms with E-state index in [2.05, 4.69) is 10.3 Å². The lowest BCUT2D eigenvalue weighted by Crippen LogP contribution is -2.26. The number of halogens is 3. The molecule has 1 amide bonds. The molecule has 18 heavy (non-hydrogen) atoms. The summed E-state index contributed by atoms with van der Waals surface area (Å²) < 4.78 is 37.5. The molecule has 0 unspecified atom stereocenters. The summed E-state index contributed by atoms with van der Waals surface area (Å²) in [5.74, 6) is -0.773. The molecule has 0 atom stereocenters. The van der Waals surface area contributed by atoms with Crippen molar-refractivity contribution in [2.75, 3.05) is 6.61 Å². The molecule has 2 rings (SSSR count). The number of fused-ring (bicyclic) bond motifs is 1. The zero-order valence-electron chi connectivity index (χ0n) is 8.81. The van der Waals surface area contributed by atoms with E-state index in [-0.39, 0.29) is 11.0 Å². The summed E-state index contributed by atoms with van der Waals surface area (Å²) in [7, 11) is 0. The SMILES string of the molecule is NC(=O)COn1nnc2ccc(C(F)(F)F)cc21. The summed E-state index contributed by atoms with van der Waals surface area (Å²) in [6.07, 6.45) is -4.48. The van der Waals surface area contributed by atoms with Crippen LogP contribution >= 0.6 is 0 Å². The van der Waals surface area contributed by atoms with Crippen LogP contribution in [0, 0.1) is 0 Å². The Kier molecular flexibility index (Phi) is 2.81. The van der Waals surface area contributed by atoms with E-state index in [1.54, 1.807) is 0 Å². The molecule has 2 N–H and O–H groups in total. The third-order valence-corrected chi connectivity index (χ3v) is 2.07. The van der Waals surface area contributed by atoms with Gasteiger partial charge in [-0.3, -0.25) is 4.79 Å². The molecule has 2 aromatic rings. The molecule has 0 aliphatic carbocycles. The van der Waals surface area contributed by atoms with Crippen LogP contribution < -0.4 is 10.6 Å². The van der Waals surface area contributed by atoms with Crippen LogP contribution in [0.1, 0.15) is 5.56 Å². The van der Waals surface area contributed by atoms with Crippen LogP contribution in [-0.4, -0.2) is 27.7 Å². The van der Waals surface area contributed by atoms with Gasteiger partial charge in [0.15, 0.2) is 6.61 Å². The molecule has 0 saturated carbocycles. The third-order valence-electron chi connectivity index (χ3n) is 2.07. The average Bonchev–Trinajstić information content (AvgIpc) is 2.67. The Bertz CT molecular complexity index is 593. The largest absolute Gasteiger partial charge is 0.416 e. The molecule has 1 aromatic carbocycles. The number of alkyl halides is 3. The van der Waals surface area contributed by atoms with Gasteiger partial charge in [-0.05, 0) is 23.4 Å². The van der Waals surface area contributed by atoms with Gasteiger partial charge in [0.05, 0.1) is 5.56 Å². The number of hydrogen-bond donors (Lipinski definition) is 1. The van der Waals surface area contributed by atoms with Gasteiger partial charge in [0.2, 0.25) is 0 Å². The van der Waals surface area contributed by atoms with Gasteiger partial charge in [0.1, 0.15) is 11.0 Å². The minimum Gasteiger partial charge on any atom is -0.385 e. The number of amides is 1. The van der Waals surface area contributed by atoms with Crippen molar-refractivity contribution in [3.05, 3.63) is 23.8 Å². The zero-order valence-corrected chi connectivity index (χ0v) is 8.81. The number of primary amides is 1. The summed E-state index contributed by atoms with van der Waals surface area (Å²) in [6, 6.07) is 2.88. The van der Waals surface area contributed by atoms with Gasteiger partial charge in [-0.15, -0.1) is 5.10 Å². The van der Waals surface area contributed by atoms with E-state index in [1.807, 2.05) is 0 Å². The maximum absolute atomic E-state index is 12.5. The summed E-state index contributed by atoms with van der Waals surface area (Å²) in [4.78, 5) is 16.0. The van der Waals surface area contributed by atoms with Gasteiger partial charge in [0.25, 0.3) is 5.91 Å². The standard InChI is InChI=1S/C9H7F3N4O2/c10-9(11,12)5-1-2-6-7(3-5)16(15-14-6)18-4-8(13)17/h1-3H,4H2,(H2,13,17). The van der Waals surface area contributed by atoms with Crippen molar-refractivity contribution in [2.24, 2.45) is 5.73 Å². The van der Waals surface area contributed by atoms with Crippen molar-refractivity contribution in [1.29, 1.82) is 0 Å². The second-order valence-electron chi connectivity index (χ2n) is 3.40. The Hall–Kier alpha value is -2.32. The average molecular weight is 260 g/mol. The van der Waals surface area contributed by atoms with Crippen LogP contribution in [-0.2, 0) is 11.0 Å². The molecule has 96 valence electrons.